The first-order valence-electron chi connectivity index (χ1n) is 21.5. The number of hydrogen-bond acceptors (Lipinski definition) is 1. The molecule has 1 aliphatic rings. The molecule has 0 saturated heterocycles. The lowest BCUT2D eigenvalue weighted by Crippen LogP contribution is -2.28. The maximum Gasteiger partial charge on any atom is 0.0714 e. The molecule has 0 amide bonds. The van der Waals surface area contributed by atoms with Crippen molar-refractivity contribution in [3.05, 3.63) is 271 Å². The van der Waals surface area contributed by atoms with Gasteiger partial charge in [-0.3, -0.25) is 0 Å². The summed E-state index contributed by atoms with van der Waals surface area (Å²) in [4.78, 5) is 2.53. The molecule has 0 atom stereocenters. The summed E-state index contributed by atoms with van der Waals surface area (Å²) < 4.78 is 0. The molecule has 0 aliphatic heterocycles. The summed E-state index contributed by atoms with van der Waals surface area (Å²) in [6.45, 7) is 0. The van der Waals surface area contributed by atoms with E-state index in [2.05, 4.69) is 254 Å². The monoisotopic (exact) mass is 787 g/mol. The SMILES string of the molecule is c1ccc(C2(c3ccccc3)c3ccccc3-c3ccc(N(c4cc(-c5ccc6ccccc6c5)ccc4-c4ccc5ccccc5c4)c4cccc5ccccc45)cc32)cc1. The van der Waals surface area contributed by atoms with Crippen molar-refractivity contribution in [2.45, 2.75) is 5.41 Å². The normalized spacial score (nSPS) is 12.6. The first-order valence-corrected chi connectivity index (χ1v) is 21.5. The number of nitrogens with zero attached hydrogens (tertiary/aromatic N) is 1. The van der Waals surface area contributed by atoms with Crippen LogP contribution in [0.15, 0.2) is 249 Å². The highest BCUT2D eigenvalue weighted by molar-refractivity contribution is 6.03. The van der Waals surface area contributed by atoms with E-state index < -0.39 is 5.41 Å². The Morgan fingerprint density at radius 3 is 1.52 bits per heavy atom. The van der Waals surface area contributed by atoms with Crippen molar-refractivity contribution in [1.82, 2.24) is 0 Å². The zero-order valence-electron chi connectivity index (χ0n) is 34.1. The van der Waals surface area contributed by atoms with Crippen LogP contribution in [0.5, 0.6) is 0 Å². The number of anilines is 3. The van der Waals surface area contributed by atoms with E-state index in [0.29, 0.717) is 0 Å². The van der Waals surface area contributed by atoms with E-state index in [4.69, 9.17) is 0 Å². The molecule has 0 spiro atoms. The minimum absolute atomic E-state index is 0.539. The molecule has 0 fully saturated rings. The first-order chi connectivity index (χ1) is 30.7. The van der Waals surface area contributed by atoms with E-state index in [9.17, 15) is 0 Å². The third-order valence-electron chi connectivity index (χ3n) is 13.1. The highest BCUT2D eigenvalue weighted by Crippen LogP contribution is 2.58. The Hall–Kier alpha value is -8.00. The summed E-state index contributed by atoms with van der Waals surface area (Å²) in [5.74, 6) is 0. The Labute approximate surface area is 362 Å². The van der Waals surface area contributed by atoms with E-state index in [1.165, 1.54) is 76.8 Å². The highest BCUT2D eigenvalue weighted by Gasteiger charge is 2.46. The molecule has 0 aromatic heterocycles. The second-order valence-corrected chi connectivity index (χ2v) is 16.4. The third kappa shape index (κ3) is 5.70. The predicted octanol–water partition coefficient (Wildman–Crippen LogP) is 16.3. The molecule has 11 aromatic carbocycles. The summed E-state index contributed by atoms with van der Waals surface area (Å²) in [5, 5.41) is 7.31. The van der Waals surface area contributed by atoms with Gasteiger partial charge in [-0.2, -0.15) is 0 Å². The molecule has 290 valence electrons. The Balaban J connectivity index is 1.18. The maximum atomic E-state index is 2.53. The van der Waals surface area contributed by atoms with Crippen LogP contribution in [0, 0.1) is 0 Å². The van der Waals surface area contributed by atoms with Crippen molar-refractivity contribution >= 4 is 49.4 Å². The van der Waals surface area contributed by atoms with Crippen LogP contribution in [-0.2, 0) is 5.41 Å². The molecule has 1 aliphatic carbocycles. The van der Waals surface area contributed by atoms with Gasteiger partial charge in [0.15, 0.2) is 0 Å². The topological polar surface area (TPSA) is 3.24 Å². The van der Waals surface area contributed by atoms with E-state index in [-0.39, 0.29) is 0 Å². The molecule has 62 heavy (non-hydrogen) atoms. The molecule has 0 N–H and O–H groups in total. The zero-order valence-corrected chi connectivity index (χ0v) is 34.1. The van der Waals surface area contributed by atoms with Gasteiger partial charge in [0.1, 0.15) is 0 Å². The Kier molecular flexibility index (Phi) is 8.47. The molecular formula is C61H41N. The van der Waals surface area contributed by atoms with E-state index in [1.54, 1.807) is 0 Å². The summed E-state index contributed by atoms with van der Waals surface area (Å²) in [7, 11) is 0. The number of hydrogen-bond donors (Lipinski definition) is 0. The summed E-state index contributed by atoms with van der Waals surface area (Å²) in [5.41, 5.74) is 15.1. The molecule has 1 nitrogen and oxygen atoms in total. The fourth-order valence-electron chi connectivity index (χ4n) is 10.2. The fourth-order valence-corrected chi connectivity index (χ4v) is 10.2. The quantitative estimate of drug-likeness (QED) is 0.155. The van der Waals surface area contributed by atoms with Gasteiger partial charge in [0.05, 0.1) is 16.8 Å². The fraction of sp³-hybridized carbons (Fsp3) is 0.0164. The Morgan fingerprint density at radius 1 is 0.274 bits per heavy atom. The molecule has 11 aromatic rings. The molecule has 0 saturated carbocycles. The third-order valence-corrected chi connectivity index (χ3v) is 13.1. The lowest BCUT2D eigenvalue weighted by Gasteiger charge is -2.35. The van der Waals surface area contributed by atoms with Gasteiger partial charge < -0.3 is 4.90 Å². The lowest BCUT2D eigenvalue weighted by molar-refractivity contribution is 0.768. The van der Waals surface area contributed by atoms with E-state index in [0.717, 1.165) is 28.2 Å². The van der Waals surface area contributed by atoms with Crippen LogP contribution in [-0.4, -0.2) is 0 Å². The van der Waals surface area contributed by atoms with E-state index >= 15 is 0 Å². The number of fused-ring (bicyclic) bond motifs is 6. The van der Waals surface area contributed by atoms with Crippen molar-refractivity contribution in [2.75, 3.05) is 4.90 Å². The van der Waals surface area contributed by atoms with Crippen molar-refractivity contribution in [3.8, 4) is 33.4 Å². The van der Waals surface area contributed by atoms with Crippen LogP contribution >= 0.6 is 0 Å². The van der Waals surface area contributed by atoms with Crippen molar-refractivity contribution < 1.29 is 0 Å². The Morgan fingerprint density at radius 2 is 0.790 bits per heavy atom. The van der Waals surface area contributed by atoms with Gasteiger partial charge >= 0.3 is 0 Å². The van der Waals surface area contributed by atoms with Crippen LogP contribution in [0.1, 0.15) is 22.3 Å². The van der Waals surface area contributed by atoms with Gasteiger partial charge in [-0.25, -0.2) is 0 Å². The lowest BCUT2D eigenvalue weighted by atomic mass is 9.67. The zero-order chi connectivity index (χ0) is 41.0. The van der Waals surface area contributed by atoms with Gasteiger partial charge in [0.25, 0.3) is 0 Å². The van der Waals surface area contributed by atoms with Gasteiger partial charge in [-0.05, 0) is 113 Å². The molecule has 0 heterocycles. The largest absolute Gasteiger partial charge is 0.309 e. The smallest absolute Gasteiger partial charge is 0.0714 e. The summed E-state index contributed by atoms with van der Waals surface area (Å²) in [6.07, 6.45) is 0. The van der Waals surface area contributed by atoms with Crippen LogP contribution in [0.4, 0.5) is 17.1 Å². The van der Waals surface area contributed by atoms with E-state index in [1.807, 2.05) is 0 Å². The average molecular weight is 788 g/mol. The predicted molar refractivity (Wildman–Crippen MR) is 262 cm³/mol. The van der Waals surface area contributed by atoms with Gasteiger partial charge in [-0.15, -0.1) is 0 Å². The van der Waals surface area contributed by atoms with Crippen molar-refractivity contribution in [1.29, 1.82) is 0 Å². The van der Waals surface area contributed by atoms with Gasteiger partial charge in [-0.1, -0.05) is 212 Å². The second kappa shape index (κ2) is 14.6. The van der Waals surface area contributed by atoms with Crippen molar-refractivity contribution in [3.63, 3.8) is 0 Å². The second-order valence-electron chi connectivity index (χ2n) is 16.4. The van der Waals surface area contributed by atoms with Gasteiger partial charge in [0.2, 0.25) is 0 Å². The standard InChI is InChI=1S/C61H41N/c1-3-22-50(23-4-1)61(51-24-5-2-6-25-51)57-28-14-13-27-55(57)56-37-35-52(41-58(56)61)62(59-29-15-21-44-18-11-12-26-53(44)59)60-40-48(47-32-30-42-16-7-9-19-45(42)38-47)34-36-54(60)49-33-31-43-17-8-10-20-46(43)39-49/h1-41H. The minimum atomic E-state index is -0.539. The number of benzene rings is 11. The summed E-state index contributed by atoms with van der Waals surface area (Å²) >= 11 is 0. The van der Waals surface area contributed by atoms with Crippen LogP contribution in [0.2, 0.25) is 0 Å². The minimum Gasteiger partial charge on any atom is -0.309 e. The molecule has 0 unspecified atom stereocenters. The molecule has 12 rings (SSSR count). The highest BCUT2D eigenvalue weighted by atomic mass is 15.1. The van der Waals surface area contributed by atoms with Crippen LogP contribution in [0.3, 0.4) is 0 Å². The van der Waals surface area contributed by atoms with Crippen molar-refractivity contribution in [2.24, 2.45) is 0 Å². The molecular weight excluding hydrogens is 747 g/mol. The molecule has 1 heteroatoms. The molecule has 0 bridgehead atoms. The van der Waals surface area contributed by atoms with Crippen LogP contribution in [0.25, 0.3) is 65.7 Å². The Bertz CT molecular complexity index is 3430. The van der Waals surface area contributed by atoms with Crippen LogP contribution < -0.4 is 4.90 Å². The summed E-state index contributed by atoms with van der Waals surface area (Å²) in [6, 6.07) is 92.0. The molecule has 0 radical (unpaired) electrons. The van der Waals surface area contributed by atoms with Gasteiger partial charge in [0, 0.05) is 16.6 Å². The maximum absolute atomic E-state index is 2.53. The average Bonchev–Trinajstić information content (AvgIpc) is 3.65. The number of rotatable bonds is 7. The first kappa shape index (κ1) is 35.9.